The summed E-state index contributed by atoms with van der Waals surface area (Å²) in [5.74, 6) is -0.908. The maximum atomic E-state index is 13.1. The number of carbonyl (C=O) groups is 2. The van der Waals surface area contributed by atoms with Gasteiger partial charge in [0.25, 0.3) is 10.0 Å². The summed E-state index contributed by atoms with van der Waals surface area (Å²) in [6.45, 7) is -0.583. The minimum atomic E-state index is -4.63. The second-order valence-electron chi connectivity index (χ2n) is 13.5. The highest BCUT2D eigenvalue weighted by atomic mass is 35.5. The van der Waals surface area contributed by atoms with E-state index < -0.39 is 55.5 Å². The van der Waals surface area contributed by atoms with Crippen LogP contribution in [0, 0.1) is 5.41 Å². The first-order valence-corrected chi connectivity index (χ1v) is 20.5. The van der Waals surface area contributed by atoms with Gasteiger partial charge in [-0.25, -0.2) is 21.6 Å². The topological polar surface area (TPSA) is 190 Å². The van der Waals surface area contributed by atoms with Crippen molar-refractivity contribution in [2.75, 3.05) is 49.6 Å². The number of carbonyl (C=O) groups excluding carboxylic acids is 2. The average molecular weight is 800 g/mol. The van der Waals surface area contributed by atoms with E-state index in [9.17, 15) is 39.6 Å². The van der Waals surface area contributed by atoms with Gasteiger partial charge in [0.2, 0.25) is 17.8 Å². The molecular formula is C33H37ClF3N7O7S2. The Labute approximate surface area is 309 Å². The molecule has 1 aromatic heterocycles. The highest BCUT2D eigenvalue weighted by Gasteiger charge is 2.51. The fraction of sp³-hybridized carbons (Fsp3) is 0.485. The van der Waals surface area contributed by atoms with E-state index >= 15 is 0 Å². The number of sulfonamides is 1. The van der Waals surface area contributed by atoms with Crippen molar-refractivity contribution in [1.29, 1.82) is 0 Å². The van der Waals surface area contributed by atoms with Crippen LogP contribution in [0.2, 0.25) is 5.02 Å². The van der Waals surface area contributed by atoms with Crippen LogP contribution in [-0.2, 0) is 41.4 Å². The number of aromatic nitrogens is 3. The SMILES string of the molecule is O=C(CCN1CCS(=O)(=O)CC1)NCC1(C(=O)NS(=O)(=O)c2ccc(Cc3nc(NC4(c5ccc(Cl)cc5)CC4)nc(OCC(F)(F)F)n3)cc2)CC1. The third-order valence-corrected chi connectivity index (χ3v) is 12.6. The third kappa shape index (κ3) is 10.3. The number of anilines is 1. The van der Waals surface area contributed by atoms with Crippen LogP contribution < -0.4 is 20.1 Å². The minimum Gasteiger partial charge on any atom is -0.454 e. The number of sulfone groups is 1. The molecule has 53 heavy (non-hydrogen) atoms. The standard InChI is InChI=1S/C33H37ClF3N7O7S2/c34-24-5-3-23(4-6-24)32(12-13-32)42-29-39-26(40-30(41-29)51-21-33(35,36)37)19-22-1-7-25(8-2-22)53(49,50)43-28(46)31(10-11-31)20-38-27(45)9-14-44-15-17-52(47,48)18-16-44/h1-8H,9-21H2,(H,38,45)(H,43,46)(H,39,40,41,42). The summed E-state index contributed by atoms with van der Waals surface area (Å²) < 4.78 is 95.3. The Balaban J connectivity index is 1.06. The van der Waals surface area contributed by atoms with E-state index in [1.54, 1.807) is 12.1 Å². The summed E-state index contributed by atoms with van der Waals surface area (Å²) in [5.41, 5.74) is -0.197. The molecule has 1 aliphatic heterocycles. The van der Waals surface area contributed by atoms with Crippen molar-refractivity contribution in [3.8, 4) is 6.01 Å². The Hall–Kier alpha value is -4.07. The molecule has 2 saturated carbocycles. The van der Waals surface area contributed by atoms with E-state index in [1.807, 2.05) is 17.0 Å². The number of ether oxygens (including phenoxy) is 1. The van der Waals surface area contributed by atoms with Gasteiger partial charge in [-0.1, -0.05) is 35.9 Å². The fourth-order valence-electron chi connectivity index (χ4n) is 5.82. The van der Waals surface area contributed by atoms with E-state index in [1.165, 1.54) is 24.3 Å². The lowest BCUT2D eigenvalue weighted by Crippen LogP contribution is -2.44. The van der Waals surface area contributed by atoms with Gasteiger partial charge in [-0.15, -0.1) is 0 Å². The van der Waals surface area contributed by atoms with Gasteiger partial charge in [0, 0.05) is 44.0 Å². The quantitative estimate of drug-likeness (QED) is 0.204. The van der Waals surface area contributed by atoms with Crippen LogP contribution >= 0.6 is 11.6 Å². The van der Waals surface area contributed by atoms with E-state index in [-0.39, 0.29) is 53.5 Å². The zero-order chi connectivity index (χ0) is 38.1. The molecule has 0 unspecified atom stereocenters. The number of nitrogens with one attached hydrogen (secondary N) is 3. The van der Waals surface area contributed by atoms with Crippen molar-refractivity contribution in [2.45, 2.75) is 55.1 Å². The Morgan fingerprint density at radius 1 is 0.943 bits per heavy atom. The van der Waals surface area contributed by atoms with Crippen LogP contribution in [-0.4, -0.2) is 99.0 Å². The summed E-state index contributed by atoms with van der Waals surface area (Å²) in [6, 6.07) is 12.1. The molecule has 286 valence electrons. The van der Waals surface area contributed by atoms with Gasteiger partial charge in [-0.05, 0) is 61.1 Å². The molecule has 3 aliphatic rings. The summed E-state index contributed by atoms with van der Waals surface area (Å²) in [7, 11) is -7.33. The van der Waals surface area contributed by atoms with Crippen molar-refractivity contribution in [3.63, 3.8) is 0 Å². The zero-order valence-corrected chi connectivity index (χ0v) is 30.7. The summed E-state index contributed by atoms with van der Waals surface area (Å²) in [6.07, 6.45) is -2.34. The van der Waals surface area contributed by atoms with Gasteiger partial charge in [0.05, 0.1) is 27.4 Å². The van der Waals surface area contributed by atoms with Crippen molar-refractivity contribution >= 4 is 49.2 Å². The average Bonchev–Trinajstić information content (AvgIpc) is 4.03. The molecule has 3 fully saturated rings. The maximum absolute atomic E-state index is 13.1. The molecule has 2 aromatic carbocycles. The van der Waals surface area contributed by atoms with Gasteiger partial charge in [-0.2, -0.15) is 28.1 Å². The fourth-order valence-corrected chi connectivity index (χ4v) is 8.30. The van der Waals surface area contributed by atoms with E-state index in [0.29, 0.717) is 55.9 Å². The smallest absolute Gasteiger partial charge is 0.422 e. The van der Waals surface area contributed by atoms with Crippen LogP contribution in [0.25, 0.3) is 0 Å². The Kier molecular flexibility index (Phi) is 10.9. The zero-order valence-electron chi connectivity index (χ0n) is 28.3. The molecule has 6 rings (SSSR count). The number of amides is 2. The molecule has 20 heteroatoms. The first-order valence-electron chi connectivity index (χ1n) is 16.8. The molecule has 3 N–H and O–H groups in total. The lowest BCUT2D eigenvalue weighted by atomic mass is 10.1. The second-order valence-corrected chi connectivity index (χ2v) is 18.0. The molecule has 0 radical (unpaired) electrons. The molecular weight excluding hydrogens is 763 g/mol. The van der Waals surface area contributed by atoms with E-state index in [4.69, 9.17) is 16.3 Å². The predicted molar refractivity (Wildman–Crippen MR) is 186 cm³/mol. The number of alkyl halides is 3. The monoisotopic (exact) mass is 799 g/mol. The van der Waals surface area contributed by atoms with E-state index in [0.717, 1.165) is 5.56 Å². The van der Waals surface area contributed by atoms with Gasteiger partial charge in [0.15, 0.2) is 16.4 Å². The number of halogens is 4. The molecule has 0 spiro atoms. The van der Waals surface area contributed by atoms with Crippen LogP contribution in [0.3, 0.4) is 0 Å². The summed E-state index contributed by atoms with van der Waals surface area (Å²) in [5, 5.41) is 6.45. The van der Waals surface area contributed by atoms with Crippen molar-refractivity contribution in [1.82, 2.24) is 29.9 Å². The van der Waals surface area contributed by atoms with Gasteiger partial charge >= 0.3 is 12.2 Å². The normalized spacial score (nSPS) is 18.8. The van der Waals surface area contributed by atoms with Crippen LogP contribution in [0.1, 0.15) is 49.1 Å². The largest absolute Gasteiger partial charge is 0.454 e. The van der Waals surface area contributed by atoms with Crippen molar-refractivity contribution in [2.24, 2.45) is 5.41 Å². The minimum absolute atomic E-state index is 0.00589. The van der Waals surface area contributed by atoms with Gasteiger partial charge in [0.1, 0.15) is 5.82 Å². The molecule has 14 nitrogen and oxygen atoms in total. The Morgan fingerprint density at radius 2 is 1.60 bits per heavy atom. The highest BCUT2D eigenvalue weighted by molar-refractivity contribution is 7.91. The second kappa shape index (κ2) is 15.0. The number of benzene rings is 2. The number of hydrogen-bond acceptors (Lipinski definition) is 12. The number of nitrogens with zero attached hydrogens (tertiary/aromatic N) is 4. The maximum Gasteiger partial charge on any atom is 0.422 e. The lowest BCUT2D eigenvalue weighted by Gasteiger charge is -2.26. The van der Waals surface area contributed by atoms with Crippen LogP contribution in [0.4, 0.5) is 19.1 Å². The Morgan fingerprint density at radius 3 is 2.21 bits per heavy atom. The van der Waals surface area contributed by atoms with E-state index in [2.05, 4.69) is 30.3 Å². The van der Waals surface area contributed by atoms with Crippen molar-refractivity contribution in [3.05, 3.63) is 70.5 Å². The molecule has 0 bridgehead atoms. The number of hydrogen-bond donors (Lipinski definition) is 3. The van der Waals surface area contributed by atoms with Crippen molar-refractivity contribution < 1.29 is 44.3 Å². The predicted octanol–water partition coefficient (Wildman–Crippen LogP) is 2.98. The molecule has 2 heterocycles. The lowest BCUT2D eigenvalue weighted by molar-refractivity contribution is -0.154. The highest BCUT2D eigenvalue weighted by Crippen LogP contribution is 2.48. The van der Waals surface area contributed by atoms with Crippen LogP contribution in [0.5, 0.6) is 6.01 Å². The molecule has 2 aliphatic carbocycles. The third-order valence-electron chi connectivity index (χ3n) is 9.40. The molecule has 3 aromatic rings. The Bertz CT molecular complexity index is 2050. The van der Waals surface area contributed by atoms with Crippen LogP contribution in [0.15, 0.2) is 53.4 Å². The van der Waals surface area contributed by atoms with Gasteiger partial charge < -0.3 is 20.3 Å². The first-order chi connectivity index (χ1) is 24.9. The first kappa shape index (κ1) is 38.6. The molecule has 2 amide bonds. The van der Waals surface area contributed by atoms with Gasteiger partial charge in [-0.3, -0.25) is 9.59 Å². The summed E-state index contributed by atoms with van der Waals surface area (Å²) in [4.78, 5) is 39.7. The number of rotatable bonds is 15. The summed E-state index contributed by atoms with van der Waals surface area (Å²) >= 11 is 6.03. The molecule has 1 saturated heterocycles. The molecule has 0 atom stereocenters.